The predicted octanol–water partition coefficient (Wildman–Crippen LogP) is 3.02. The van der Waals surface area contributed by atoms with Crippen LogP contribution in [0.2, 0.25) is 0 Å². The minimum absolute atomic E-state index is 0.0115. The molecule has 2 rings (SSSR count). The number of rotatable bonds is 4. The van der Waals surface area contributed by atoms with Gasteiger partial charge in [0.05, 0.1) is 5.69 Å². The van der Waals surface area contributed by atoms with Gasteiger partial charge in [0.25, 0.3) is 5.91 Å². The van der Waals surface area contributed by atoms with Crippen LogP contribution in [0, 0.1) is 0 Å². The van der Waals surface area contributed by atoms with Crippen LogP contribution in [-0.4, -0.2) is 27.6 Å². The van der Waals surface area contributed by atoms with E-state index >= 15 is 0 Å². The van der Waals surface area contributed by atoms with Gasteiger partial charge >= 0.3 is 0 Å². The van der Waals surface area contributed by atoms with Crippen LogP contribution in [-0.2, 0) is 20.0 Å². The highest BCUT2D eigenvalue weighted by atomic mass is 79.9. The molecule has 4 nitrogen and oxygen atoms in total. The first kappa shape index (κ1) is 14.8. The molecule has 5 heteroatoms. The fourth-order valence-electron chi connectivity index (χ4n) is 2.03. The number of hydrogen-bond acceptors (Lipinski definition) is 2. The summed E-state index contributed by atoms with van der Waals surface area (Å²) < 4.78 is 2.69. The molecule has 0 spiro atoms. The average Bonchev–Trinajstić information content (AvgIpc) is 2.81. The molecule has 106 valence electrons. The molecule has 1 heterocycles. The zero-order valence-electron chi connectivity index (χ0n) is 11.9. The molecular formula is C15H18BrN3O. The van der Waals surface area contributed by atoms with Gasteiger partial charge in [-0.05, 0) is 30.2 Å². The highest BCUT2D eigenvalue weighted by Crippen LogP contribution is 2.13. The van der Waals surface area contributed by atoms with E-state index in [0.29, 0.717) is 12.2 Å². The monoisotopic (exact) mass is 335 g/mol. The van der Waals surface area contributed by atoms with E-state index in [4.69, 9.17) is 0 Å². The standard InChI is InChI=1S/C15H18BrN3O/c1-4-13-9-14(19(3)17-13)15(20)18(2)10-11-5-7-12(16)8-6-11/h5-9H,4,10H2,1-3H3. The third kappa shape index (κ3) is 3.28. The summed E-state index contributed by atoms with van der Waals surface area (Å²) in [5, 5.41) is 4.31. The lowest BCUT2D eigenvalue weighted by Crippen LogP contribution is -2.28. The van der Waals surface area contributed by atoms with E-state index in [1.807, 2.05) is 44.3 Å². The molecule has 2 aromatic rings. The van der Waals surface area contributed by atoms with Crippen molar-refractivity contribution in [2.75, 3.05) is 7.05 Å². The summed E-state index contributed by atoms with van der Waals surface area (Å²) in [5.41, 5.74) is 2.66. The van der Waals surface area contributed by atoms with Crippen molar-refractivity contribution in [3.8, 4) is 0 Å². The Balaban J connectivity index is 2.11. The van der Waals surface area contributed by atoms with Crippen molar-refractivity contribution in [2.45, 2.75) is 19.9 Å². The highest BCUT2D eigenvalue weighted by molar-refractivity contribution is 9.10. The Hall–Kier alpha value is -1.62. The molecule has 0 atom stereocenters. The number of aromatic nitrogens is 2. The molecular weight excluding hydrogens is 318 g/mol. The van der Waals surface area contributed by atoms with E-state index < -0.39 is 0 Å². The van der Waals surface area contributed by atoms with Crippen LogP contribution in [0.25, 0.3) is 0 Å². The molecule has 1 aromatic heterocycles. The molecule has 1 amide bonds. The summed E-state index contributed by atoms with van der Waals surface area (Å²) >= 11 is 3.41. The minimum atomic E-state index is -0.0115. The second-order valence-electron chi connectivity index (χ2n) is 4.79. The van der Waals surface area contributed by atoms with Gasteiger partial charge in [-0.25, -0.2) is 0 Å². The summed E-state index contributed by atoms with van der Waals surface area (Å²) in [6, 6.07) is 9.84. The van der Waals surface area contributed by atoms with Gasteiger partial charge in [-0.2, -0.15) is 5.10 Å². The van der Waals surface area contributed by atoms with Crippen molar-refractivity contribution in [1.82, 2.24) is 14.7 Å². The second kappa shape index (κ2) is 6.22. The Bertz CT molecular complexity index is 604. The summed E-state index contributed by atoms with van der Waals surface area (Å²) in [5.74, 6) is -0.0115. The summed E-state index contributed by atoms with van der Waals surface area (Å²) in [4.78, 5) is 14.1. The molecule has 0 fully saturated rings. The van der Waals surface area contributed by atoms with Crippen molar-refractivity contribution < 1.29 is 4.79 Å². The number of carbonyl (C=O) groups excluding carboxylic acids is 1. The van der Waals surface area contributed by atoms with Crippen LogP contribution in [0.15, 0.2) is 34.8 Å². The van der Waals surface area contributed by atoms with Crippen LogP contribution in [0.3, 0.4) is 0 Å². The zero-order chi connectivity index (χ0) is 14.7. The van der Waals surface area contributed by atoms with E-state index in [9.17, 15) is 4.79 Å². The SMILES string of the molecule is CCc1cc(C(=O)N(C)Cc2ccc(Br)cc2)n(C)n1. The number of benzene rings is 1. The van der Waals surface area contributed by atoms with E-state index in [1.54, 1.807) is 16.6 Å². The first-order valence-corrected chi connectivity index (χ1v) is 7.33. The second-order valence-corrected chi connectivity index (χ2v) is 5.70. The number of amides is 1. The predicted molar refractivity (Wildman–Crippen MR) is 82.5 cm³/mol. The average molecular weight is 336 g/mol. The first-order valence-electron chi connectivity index (χ1n) is 6.54. The van der Waals surface area contributed by atoms with E-state index in [-0.39, 0.29) is 5.91 Å². The Morgan fingerprint density at radius 3 is 2.55 bits per heavy atom. The van der Waals surface area contributed by atoms with Gasteiger partial charge in [0.2, 0.25) is 0 Å². The lowest BCUT2D eigenvalue weighted by atomic mass is 10.2. The fourth-order valence-corrected chi connectivity index (χ4v) is 2.29. The zero-order valence-corrected chi connectivity index (χ0v) is 13.5. The molecule has 20 heavy (non-hydrogen) atoms. The molecule has 0 bridgehead atoms. The molecule has 0 N–H and O–H groups in total. The Morgan fingerprint density at radius 2 is 2.00 bits per heavy atom. The fraction of sp³-hybridized carbons (Fsp3) is 0.333. The largest absolute Gasteiger partial charge is 0.336 e. The van der Waals surface area contributed by atoms with Crippen LogP contribution in [0.1, 0.15) is 28.7 Å². The maximum atomic E-state index is 12.4. The van der Waals surface area contributed by atoms with Crippen molar-refractivity contribution in [3.05, 3.63) is 51.8 Å². The summed E-state index contributed by atoms with van der Waals surface area (Å²) in [6.45, 7) is 2.61. The van der Waals surface area contributed by atoms with Crippen LogP contribution in [0.4, 0.5) is 0 Å². The van der Waals surface area contributed by atoms with Crippen LogP contribution in [0.5, 0.6) is 0 Å². The van der Waals surface area contributed by atoms with Gasteiger partial charge in [0, 0.05) is 25.1 Å². The van der Waals surface area contributed by atoms with Gasteiger partial charge in [0.15, 0.2) is 0 Å². The van der Waals surface area contributed by atoms with Crippen LogP contribution >= 0.6 is 15.9 Å². The number of carbonyl (C=O) groups is 1. The van der Waals surface area contributed by atoms with Crippen molar-refractivity contribution in [3.63, 3.8) is 0 Å². The Morgan fingerprint density at radius 1 is 1.35 bits per heavy atom. The third-order valence-corrected chi connectivity index (χ3v) is 3.72. The highest BCUT2D eigenvalue weighted by Gasteiger charge is 2.17. The molecule has 0 aliphatic carbocycles. The molecule has 0 aliphatic rings. The smallest absolute Gasteiger partial charge is 0.272 e. The molecule has 0 saturated heterocycles. The maximum Gasteiger partial charge on any atom is 0.272 e. The molecule has 0 unspecified atom stereocenters. The topological polar surface area (TPSA) is 38.1 Å². The Kier molecular flexibility index (Phi) is 4.60. The number of nitrogens with zero attached hydrogens (tertiary/aromatic N) is 3. The van der Waals surface area contributed by atoms with E-state index in [1.165, 1.54) is 0 Å². The Labute approximate surface area is 127 Å². The van der Waals surface area contributed by atoms with Gasteiger partial charge in [-0.15, -0.1) is 0 Å². The maximum absolute atomic E-state index is 12.4. The van der Waals surface area contributed by atoms with Crippen LogP contribution < -0.4 is 0 Å². The lowest BCUT2D eigenvalue weighted by Gasteiger charge is -2.17. The number of halogens is 1. The van der Waals surface area contributed by atoms with E-state index in [2.05, 4.69) is 21.0 Å². The van der Waals surface area contributed by atoms with Gasteiger partial charge < -0.3 is 4.90 Å². The summed E-state index contributed by atoms with van der Waals surface area (Å²) in [7, 11) is 3.61. The number of hydrogen-bond donors (Lipinski definition) is 0. The molecule has 1 aromatic carbocycles. The van der Waals surface area contributed by atoms with Crippen molar-refractivity contribution in [2.24, 2.45) is 7.05 Å². The minimum Gasteiger partial charge on any atom is -0.336 e. The molecule has 0 saturated carbocycles. The quantitative estimate of drug-likeness (QED) is 0.861. The van der Waals surface area contributed by atoms with Gasteiger partial charge in [-0.1, -0.05) is 35.0 Å². The van der Waals surface area contributed by atoms with Gasteiger partial charge in [0.1, 0.15) is 5.69 Å². The summed E-state index contributed by atoms with van der Waals surface area (Å²) in [6.07, 6.45) is 0.831. The normalized spacial score (nSPS) is 10.6. The molecule has 0 radical (unpaired) electrons. The van der Waals surface area contributed by atoms with Crippen molar-refractivity contribution in [1.29, 1.82) is 0 Å². The first-order chi connectivity index (χ1) is 9.51. The lowest BCUT2D eigenvalue weighted by molar-refractivity contribution is 0.0774. The molecule has 0 aliphatic heterocycles. The third-order valence-electron chi connectivity index (χ3n) is 3.19. The number of aryl methyl sites for hydroxylation is 2. The van der Waals surface area contributed by atoms with Crippen molar-refractivity contribution >= 4 is 21.8 Å². The van der Waals surface area contributed by atoms with E-state index in [0.717, 1.165) is 22.2 Å². The van der Waals surface area contributed by atoms with Gasteiger partial charge in [-0.3, -0.25) is 9.48 Å².